The summed E-state index contributed by atoms with van der Waals surface area (Å²) in [4.78, 5) is 25.9. The van der Waals surface area contributed by atoms with E-state index in [1.807, 2.05) is 13.8 Å². The Labute approximate surface area is 225 Å². The minimum Gasteiger partial charge on any atom is -0.606 e. The van der Waals surface area contributed by atoms with Crippen molar-refractivity contribution in [2.45, 2.75) is 56.7 Å². The number of carbonyl (C=O) groups is 2. The summed E-state index contributed by atoms with van der Waals surface area (Å²) in [6.45, 7) is 7.33. The molecule has 0 amide bonds. The summed E-state index contributed by atoms with van der Waals surface area (Å²) in [5.41, 5.74) is -0.270. The number of hydrogen-bond donors (Lipinski definition) is 0. The molecule has 37 heavy (non-hydrogen) atoms. The van der Waals surface area contributed by atoms with Crippen LogP contribution in [0.25, 0.3) is 10.8 Å². The van der Waals surface area contributed by atoms with Crippen molar-refractivity contribution in [2.75, 3.05) is 14.2 Å². The molecule has 0 bridgehead atoms. The van der Waals surface area contributed by atoms with Crippen molar-refractivity contribution in [3.8, 4) is 23.0 Å². The number of hydrogen-bond acceptors (Lipinski definition) is 7. The first-order chi connectivity index (χ1) is 17.5. The van der Waals surface area contributed by atoms with Crippen LogP contribution >= 0.6 is 11.6 Å². The summed E-state index contributed by atoms with van der Waals surface area (Å²) in [5, 5.41) is 1.15. The number of esters is 2. The summed E-state index contributed by atoms with van der Waals surface area (Å²) >= 11 is 4.65. The first kappa shape index (κ1) is 28.6. The number of carbonyl (C=O) groups excluding carboxylic acids is 2. The fourth-order valence-electron chi connectivity index (χ4n) is 4.22. The van der Waals surface area contributed by atoms with E-state index in [9.17, 15) is 14.1 Å². The van der Waals surface area contributed by atoms with Crippen LogP contribution < -0.4 is 18.9 Å². The second-order valence-electron chi connectivity index (χ2n) is 9.29. The van der Waals surface area contributed by atoms with Crippen LogP contribution in [0.2, 0.25) is 5.02 Å². The number of ether oxygens (including phenoxy) is 4. The Bertz CT molecular complexity index is 1310. The molecule has 0 aliphatic rings. The van der Waals surface area contributed by atoms with Crippen LogP contribution in [0.15, 0.2) is 52.3 Å². The molecule has 0 saturated carbocycles. The molecule has 0 fully saturated rings. The maximum absolute atomic E-state index is 13.4. The van der Waals surface area contributed by atoms with Gasteiger partial charge < -0.3 is 23.5 Å². The van der Waals surface area contributed by atoms with E-state index in [0.29, 0.717) is 25.6 Å². The van der Waals surface area contributed by atoms with E-state index >= 15 is 0 Å². The Morgan fingerprint density at radius 3 is 2.14 bits per heavy atom. The predicted octanol–water partition coefficient (Wildman–Crippen LogP) is 6.72. The number of halogens is 1. The molecule has 0 aromatic heterocycles. The van der Waals surface area contributed by atoms with Gasteiger partial charge in [0.1, 0.15) is 0 Å². The van der Waals surface area contributed by atoms with Crippen LogP contribution in [-0.4, -0.2) is 30.7 Å². The van der Waals surface area contributed by atoms with Gasteiger partial charge in [0.25, 0.3) is 0 Å². The zero-order valence-corrected chi connectivity index (χ0v) is 23.4. The van der Waals surface area contributed by atoms with Gasteiger partial charge in [-0.3, -0.25) is 9.59 Å². The lowest BCUT2D eigenvalue weighted by molar-refractivity contribution is -0.137. The Morgan fingerprint density at radius 2 is 1.57 bits per heavy atom. The van der Waals surface area contributed by atoms with Crippen molar-refractivity contribution in [1.82, 2.24) is 0 Å². The third-order valence-electron chi connectivity index (χ3n) is 5.77. The molecular weight excluding hydrogens is 516 g/mol. The second kappa shape index (κ2) is 12.1. The number of fused-ring (bicyclic) bond motifs is 1. The van der Waals surface area contributed by atoms with Gasteiger partial charge in [-0.25, -0.2) is 0 Å². The number of rotatable bonds is 10. The van der Waals surface area contributed by atoms with Crippen LogP contribution in [0.5, 0.6) is 23.0 Å². The van der Waals surface area contributed by atoms with E-state index < -0.39 is 23.1 Å². The van der Waals surface area contributed by atoms with Gasteiger partial charge in [0, 0.05) is 34.9 Å². The van der Waals surface area contributed by atoms with E-state index in [0.717, 1.165) is 12.8 Å². The lowest BCUT2D eigenvalue weighted by atomic mass is 9.85. The molecule has 0 aliphatic carbocycles. The van der Waals surface area contributed by atoms with Crippen molar-refractivity contribution in [1.29, 1.82) is 0 Å². The largest absolute Gasteiger partial charge is 0.606 e. The summed E-state index contributed by atoms with van der Waals surface area (Å²) < 4.78 is 35.9. The SMILES string of the molecule is CCCC(C)(C)CC(=O)Oc1c(OC)c(OC)c(OC(C)=O)c2ccc([S+]([O-])c3ccccc3Cl)cc12. The molecule has 3 aromatic carbocycles. The highest BCUT2D eigenvalue weighted by atomic mass is 35.5. The van der Waals surface area contributed by atoms with Crippen molar-refractivity contribution >= 4 is 45.5 Å². The van der Waals surface area contributed by atoms with Crippen LogP contribution in [0.4, 0.5) is 0 Å². The Balaban J connectivity index is 2.25. The molecule has 9 heteroatoms. The van der Waals surface area contributed by atoms with Gasteiger partial charge in [-0.1, -0.05) is 50.9 Å². The van der Waals surface area contributed by atoms with Crippen molar-refractivity contribution in [2.24, 2.45) is 5.41 Å². The summed E-state index contributed by atoms with van der Waals surface area (Å²) in [7, 11) is 2.79. The smallest absolute Gasteiger partial charge is 0.311 e. The van der Waals surface area contributed by atoms with Gasteiger partial charge in [-0.15, -0.1) is 0 Å². The van der Waals surface area contributed by atoms with E-state index in [1.165, 1.54) is 21.1 Å². The fourth-order valence-corrected chi connectivity index (χ4v) is 5.68. The molecule has 0 aliphatic heterocycles. The molecule has 0 heterocycles. The van der Waals surface area contributed by atoms with Gasteiger partial charge in [0.15, 0.2) is 21.3 Å². The summed E-state index contributed by atoms with van der Waals surface area (Å²) in [6, 6.07) is 11.7. The molecule has 0 radical (unpaired) electrons. The van der Waals surface area contributed by atoms with Gasteiger partial charge in [0.2, 0.25) is 11.5 Å². The zero-order valence-electron chi connectivity index (χ0n) is 21.8. The van der Waals surface area contributed by atoms with Crippen LogP contribution in [0.1, 0.15) is 47.0 Å². The lowest BCUT2D eigenvalue weighted by Gasteiger charge is -2.24. The molecule has 7 nitrogen and oxygen atoms in total. The van der Waals surface area contributed by atoms with E-state index in [1.54, 1.807) is 42.5 Å². The summed E-state index contributed by atoms with van der Waals surface area (Å²) in [6.07, 6.45) is 1.94. The molecular formula is C28H31ClO7S. The topological polar surface area (TPSA) is 94.1 Å². The zero-order chi connectivity index (χ0) is 27.3. The normalized spacial score (nSPS) is 12.2. The Morgan fingerprint density at radius 1 is 0.946 bits per heavy atom. The van der Waals surface area contributed by atoms with Crippen molar-refractivity contribution in [3.63, 3.8) is 0 Å². The minimum atomic E-state index is -1.64. The molecule has 3 aromatic rings. The Kier molecular flexibility index (Phi) is 9.34. The lowest BCUT2D eigenvalue weighted by Crippen LogP contribution is -2.21. The van der Waals surface area contributed by atoms with Gasteiger partial charge >= 0.3 is 11.9 Å². The monoisotopic (exact) mass is 546 g/mol. The van der Waals surface area contributed by atoms with Gasteiger partial charge in [-0.05, 0) is 36.1 Å². The fraction of sp³-hybridized carbons (Fsp3) is 0.357. The maximum atomic E-state index is 13.4. The highest BCUT2D eigenvalue weighted by molar-refractivity contribution is 7.91. The van der Waals surface area contributed by atoms with E-state index in [2.05, 4.69) is 6.92 Å². The highest BCUT2D eigenvalue weighted by Gasteiger charge is 2.30. The molecule has 0 saturated heterocycles. The van der Waals surface area contributed by atoms with E-state index in [4.69, 9.17) is 30.5 Å². The van der Waals surface area contributed by atoms with Crippen LogP contribution in [-0.2, 0) is 20.8 Å². The minimum absolute atomic E-state index is 0.0774. The number of methoxy groups -OCH3 is 2. The third-order valence-corrected chi connectivity index (χ3v) is 7.65. The standard InChI is InChI=1S/C28H31ClO7S/c1-7-14-28(3,4)16-23(31)36-25-20-15-18(37(32)22-11-9-8-10-21(22)29)12-13-19(20)24(35-17(2)30)26(33-5)27(25)34-6/h8-13,15H,7,14,16H2,1-6H3. The first-order valence-corrected chi connectivity index (χ1v) is 13.3. The number of benzene rings is 3. The molecule has 0 N–H and O–H groups in total. The van der Waals surface area contributed by atoms with Crippen LogP contribution in [0, 0.1) is 5.41 Å². The first-order valence-electron chi connectivity index (χ1n) is 11.8. The molecule has 1 unspecified atom stereocenters. The van der Waals surface area contributed by atoms with E-state index in [-0.39, 0.29) is 34.8 Å². The summed E-state index contributed by atoms with van der Waals surface area (Å²) in [5.74, 6) is -0.674. The molecule has 198 valence electrons. The second-order valence-corrected chi connectivity index (χ2v) is 11.1. The van der Waals surface area contributed by atoms with Crippen molar-refractivity contribution in [3.05, 3.63) is 47.5 Å². The average molecular weight is 547 g/mol. The quantitative estimate of drug-likeness (QED) is 0.158. The van der Waals surface area contributed by atoms with Crippen LogP contribution in [0.3, 0.4) is 0 Å². The predicted molar refractivity (Wildman–Crippen MR) is 143 cm³/mol. The van der Waals surface area contributed by atoms with Gasteiger partial charge in [0.05, 0.1) is 25.7 Å². The van der Waals surface area contributed by atoms with Crippen molar-refractivity contribution < 1.29 is 33.1 Å². The molecule has 1 atom stereocenters. The maximum Gasteiger partial charge on any atom is 0.311 e. The molecule has 0 spiro atoms. The highest BCUT2D eigenvalue weighted by Crippen LogP contribution is 2.52. The third kappa shape index (κ3) is 6.50. The molecule has 3 rings (SSSR count). The van der Waals surface area contributed by atoms with Gasteiger partial charge in [-0.2, -0.15) is 0 Å². The Hall–Kier alpha value is -2.94. The average Bonchev–Trinajstić information content (AvgIpc) is 2.83.